The Bertz CT molecular complexity index is 186. The first-order chi connectivity index (χ1) is 5.35. The van der Waals surface area contributed by atoms with Crippen molar-refractivity contribution in [1.82, 2.24) is 4.90 Å². The predicted molar refractivity (Wildman–Crippen MR) is 42.7 cm³/mol. The molecule has 0 aromatic heterocycles. The largest absolute Gasteiger partial charge is 0.310 e. The standard InChI is InChI=1S/C9H14N2/c10-8-11-6-5-9(7-11)3-1-2-4-9/h1-7H2. The Morgan fingerprint density at radius 2 is 1.91 bits per heavy atom. The summed E-state index contributed by atoms with van der Waals surface area (Å²) in [4.78, 5) is 1.92. The molecule has 0 bridgehead atoms. The summed E-state index contributed by atoms with van der Waals surface area (Å²) < 4.78 is 0. The minimum Gasteiger partial charge on any atom is -0.310 e. The van der Waals surface area contributed by atoms with Crippen LogP contribution in [-0.4, -0.2) is 18.0 Å². The number of nitriles is 1. The van der Waals surface area contributed by atoms with E-state index in [9.17, 15) is 0 Å². The summed E-state index contributed by atoms with van der Waals surface area (Å²) in [5.74, 6) is 0. The third-order valence-electron chi connectivity index (χ3n) is 3.24. The van der Waals surface area contributed by atoms with Gasteiger partial charge in [-0.3, -0.25) is 0 Å². The molecule has 0 unspecified atom stereocenters. The Balaban J connectivity index is 2.03. The zero-order chi connectivity index (χ0) is 7.73. The molecule has 1 aliphatic heterocycles. The van der Waals surface area contributed by atoms with Gasteiger partial charge in [-0.05, 0) is 24.7 Å². The molecule has 1 aliphatic carbocycles. The second-order valence-electron chi connectivity index (χ2n) is 3.98. The van der Waals surface area contributed by atoms with Gasteiger partial charge in [0.05, 0.1) is 0 Å². The molecular weight excluding hydrogens is 136 g/mol. The average molecular weight is 150 g/mol. The van der Waals surface area contributed by atoms with Crippen molar-refractivity contribution in [1.29, 1.82) is 5.26 Å². The van der Waals surface area contributed by atoms with Crippen LogP contribution >= 0.6 is 0 Å². The van der Waals surface area contributed by atoms with E-state index in [1.165, 1.54) is 32.1 Å². The summed E-state index contributed by atoms with van der Waals surface area (Å²) in [6.45, 7) is 2.06. The molecule has 1 saturated carbocycles. The van der Waals surface area contributed by atoms with Crippen molar-refractivity contribution in [3.05, 3.63) is 0 Å². The quantitative estimate of drug-likeness (QED) is 0.492. The van der Waals surface area contributed by atoms with Gasteiger partial charge in [-0.15, -0.1) is 0 Å². The first-order valence-corrected chi connectivity index (χ1v) is 4.49. The molecular formula is C9H14N2. The maximum absolute atomic E-state index is 8.69. The molecule has 11 heavy (non-hydrogen) atoms. The minimum absolute atomic E-state index is 0.565. The summed E-state index contributed by atoms with van der Waals surface area (Å²) in [6.07, 6.45) is 9.02. The molecule has 2 fully saturated rings. The van der Waals surface area contributed by atoms with E-state index >= 15 is 0 Å². The van der Waals surface area contributed by atoms with Gasteiger partial charge >= 0.3 is 0 Å². The average Bonchev–Trinajstić information content (AvgIpc) is 2.62. The predicted octanol–water partition coefficient (Wildman–Crippen LogP) is 1.73. The van der Waals surface area contributed by atoms with E-state index in [0.29, 0.717) is 5.41 Å². The van der Waals surface area contributed by atoms with E-state index in [1.807, 2.05) is 4.90 Å². The minimum atomic E-state index is 0.565. The highest BCUT2D eigenvalue weighted by atomic mass is 15.1. The Morgan fingerprint density at radius 3 is 2.45 bits per heavy atom. The van der Waals surface area contributed by atoms with Gasteiger partial charge in [-0.2, -0.15) is 5.26 Å². The van der Waals surface area contributed by atoms with Crippen molar-refractivity contribution in [2.45, 2.75) is 32.1 Å². The van der Waals surface area contributed by atoms with E-state index in [2.05, 4.69) is 6.19 Å². The highest BCUT2D eigenvalue weighted by Crippen LogP contribution is 2.44. The molecule has 1 spiro atoms. The summed E-state index contributed by atoms with van der Waals surface area (Å²) in [7, 11) is 0. The number of rotatable bonds is 0. The Labute approximate surface area is 67.8 Å². The summed E-state index contributed by atoms with van der Waals surface area (Å²) >= 11 is 0. The van der Waals surface area contributed by atoms with Gasteiger partial charge in [0.25, 0.3) is 0 Å². The van der Waals surface area contributed by atoms with E-state index in [-0.39, 0.29) is 0 Å². The second kappa shape index (κ2) is 2.41. The molecule has 60 valence electrons. The van der Waals surface area contributed by atoms with Crippen LogP contribution in [0.25, 0.3) is 0 Å². The van der Waals surface area contributed by atoms with E-state index < -0.39 is 0 Å². The number of likely N-dealkylation sites (tertiary alicyclic amines) is 1. The lowest BCUT2D eigenvalue weighted by atomic mass is 9.86. The molecule has 0 aromatic rings. The van der Waals surface area contributed by atoms with Crippen molar-refractivity contribution >= 4 is 0 Å². The maximum atomic E-state index is 8.69. The summed E-state index contributed by atoms with van der Waals surface area (Å²) in [5.41, 5.74) is 0.565. The lowest BCUT2D eigenvalue weighted by Gasteiger charge is -2.20. The molecule has 1 heterocycles. The van der Waals surface area contributed by atoms with Crippen LogP contribution in [0.4, 0.5) is 0 Å². The Hall–Kier alpha value is -0.710. The lowest BCUT2D eigenvalue weighted by Crippen LogP contribution is -2.21. The van der Waals surface area contributed by atoms with Crippen molar-refractivity contribution in [3.8, 4) is 6.19 Å². The monoisotopic (exact) mass is 150 g/mol. The van der Waals surface area contributed by atoms with Crippen LogP contribution in [0, 0.1) is 16.9 Å². The molecule has 1 saturated heterocycles. The van der Waals surface area contributed by atoms with Crippen LogP contribution in [0.1, 0.15) is 32.1 Å². The molecule has 2 aliphatic rings. The van der Waals surface area contributed by atoms with Crippen LogP contribution < -0.4 is 0 Å². The molecule has 2 heteroatoms. The van der Waals surface area contributed by atoms with Gasteiger partial charge in [0.1, 0.15) is 0 Å². The topological polar surface area (TPSA) is 27.0 Å². The fourth-order valence-electron chi connectivity index (χ4n) is 2.55. The maximum Gasteiger partial charge on any atom is 0.179 e. The smallest absolute Gasteiger partial charge is 0.179 e. The zero-order valence-electron chi connectivity index (χ0n) is 6.84. The van der Waals surface area contributed by atoms with Gasteiger partial charge < -0.3 is 4.90 Å². The summed E-state index contributed by atoms with van der Waals surface area (Å²) in [6, 6.07) is 0. The first-order valence-electron chi connectivity index (χ1n) is 4.49. The molecule has 0 aromatic carbocycles. The first kappa shape index (κ1) is 6.97. The van der Waals surface area contributed by atoms with Gasteiger partial charge in [-0.25, -0.2) is 0 Å². The van der Waals surface area contributed by atoms with Crippen LogP contribution in [-0.2, 0) is 0 Å². The highest BCUT2D eigenvalue weighted by molar-refractivity contribution is 4.96. The Morgan fingerprint density at radius 1 is 1.18 bits per heavy atom. The van der Waals surface area contributed by atoms with Gasteiger partial charge in [0.2, 0.25) is 0 Å². The third-order valence-corrected chi connectivity index (χ3v) is 3.24. The fraction of sp³-hybridized carbons (Fsp3) is 0.889. The van der Waals surface area contributed by atoms with Crippen LogP contribution in [0.5, 0.6) is 0 Å². The third kappa shape index (κ3) is 1.09. The molecule has 2 rings (SSSR count). The van der Waals surface area contributed by atoms with E-state index in [1.54, 1.807) is 0 Å². The number of hydrogen-bond acceptors (Lipinski definition) is 2. The fourth-order valence-corrected chi connectivity index (χ4v) is 2.55. The van der Waals surface area contributed by atoms with Gasteiger partial charge in [0.15, 0.2) is 6.19 Å². The zero-order valence-corrected chi connectivity index (χ0v) is 6.84. The van der Waals surface area contributed by atoms with Gasteiger partial charge in [-0.1, -0.05) is 12.8 Å². The second-order valence-corrected chi connectivity index (χ2v) is 3.98. The number of hydrogen-bond donors (Lipinski definition) is 0. The lowest BCUT2D eigenvalue weighted by molar-refractivity contribution is 0.306. The molecule has 0 amide bonds. The van der Waals surface area contributed by atoms with Gasteiger partial charge in [0, 0.05) is 13.1 Å². The molecule has 0 atom stereocenters. The van der Waals surface area contributed by atoms with Crippen molar-refractivity contribution in [2.24, 2.45) is 5.41 Å². The van der Waals surface area contributed by atoms with Crippen molar-refractivity contribution in [2.75, 3.05) is 13.1 Å². The van der Waals surface area contributed by atoms with E-state index in [0.717, 1.165) is 13.1 Å². The number of nitrogens with zero attached hydrogens (tertiary/aromatic N) is 2. The molecule has 0 N–H and O–H groups in total. The van der Waals surface area contributed by atoms with Crippen molar-refractivity contribution < 1.29 is 0 Å². The van der Waals surface area contributed by atoms with Crippen LogP contribution in [0.15, 0.2) is 0 Å². The van der Waals surface area contributed by atoms with Crippen LogP contribution in [0.3, 0.4) is 0 Å². The van der Waals surface area contributed by atoms with Crippen LogP contribution in [0.2, 0.25) is 0 Å². The normalized spacial score (nSPS) is 27.7. The van der Waals surface area contributed by atoms with E-state index in [4.69, 9.17) is 5.26 Å². The van der Waals surface area contributed by atoms with Crippen molar-refractivity contribution in [3.63, 3.8) is 0 Å². The molecule has 2 nitrogen and oxygen atoms in total. The summed E-state index contributed by atoms with van der Waals surface area (Å²) in [5, 5.41) is 8.69. The Kier molecular flexibility index (Phi) is 1.52. The molecule has 0 radical (unpaired) electrons. The highest BCUT2D eigenvalue weighted by Gasteiger charge is 2.39. The SMILES string of the molecule is N#CN1CCC2(CCCC2)C1.